The molecule has 0 amide bonds. The molecule has 0 unspecified atom stereocenters. The van der Waals surface area contributed by atoms with E-state index >= 15 is 0 Å². The van der Waals surface area contributed by atoms with Gasteiger partial charge in [-0.15, -0.1) is 0 Å². The Morgan fingerprint density at radius 2 is 1.95 bits per heavy atom. The van der Waals surface area contributed by atoms with Gasteiger partial charge < -0.3 is 10.2 Å². The number of para-hydroxylation sites is 1. The number of anilines is 1. The van der Waals surface area contributed by atoms with Gasteiger partial charge in [-0.05, 0) is 30.4 Å². The average Bonchev–Trinajstić information content (AvgIpc) is 2.94. The van der Waals surface area contributed by atoms with Gasteiger partial charge in [0.15, 0.2) is 5.82 Å². The summed E-state index contributed by atoms with van der Waals surface area (Å²) in [5, 5.41) is 11.3. The van der Waals surface area contributed by atoms with E-state index in [4.69, 9.17) is 10.2 Å². The molecule has 7 nitrogen and oxygen atoms in total. The van der Waals surface area contributed by atoms with Crippen LogP contribution in [0.5, 0.6) is 0 Å². The monoisotopic (exact) mass is 282 g/mol. The van der Waals surface area contributed by atoms with Crippen molar-refractivity contribution in [3.05, 3.63) is 58.1 Å². The first-order valence-corrected chi connectivity index (χ1v) is 6.08. The van der Waals surface area contributed by atoms with Crippen molar-refractivity contribution < 1.29 is 9.34 Å². The van der Waals surface area contributed by atoms with Gasteiger partial charge in [0.05, 0.1) is 11.6 Å². The topological polar surface area (TPSA) is 108 Å². The first-order valence-electron chi connectivity index (χ1n) is 6.08. The first kappa shape index (κ1) is 12.8. The maximum atomic E-state index is 10.5. The highest BCUT2D eigenvalue weighted by Gasteiger charge is 2.10. The summed E-state index contributed by atoms with van der Waals surface area (Å²) in [5.41, 5.74) is 6.60. The van der Waals surface area contributed by atoms with Crippen LogP contribution in [-0.2, 0) is 0 Å². The van der Waals surface area contributed by atoms with Gasteiger partial charge in [-0.3, -0.25) is 10.1 Å². The molecule has 0 spiro atoms. The summed E-state index contributed by atoms with van der Waals surface area (Å²) in [4.78, 5) is 18.4. The second-order valence-electron chi connectivity index (χ2n) is 4.25. The van der Waals surface area contributed by atoms with Crippen molar-refractivity contribution in [2.45, 2.75) is 0 Å². The molecule has 0 saturated heterocycles. The summed E-state index contributed by atoms with van der Waals surface area (Å²) in [5.74, 6) is 0.821. The van der Waals surface area contributed by atoms with Crippen LogP contribution in [0.15, 0.2) is 40.8 Å². The first-order chi connectivity index (χ1) is 10.1. The van der Waals surface area contributed by atoms with Crippen molar-refractivity contribution in [2.75, 3.05) is 5.73 Å². The fourth-order valence-electron chi connectivity index (χ4n) is 1.88. The van der Waals surface area contributed by atoms with E-state index in [1.54, 1.807) is 12.2 Å². The van der Waals surface area contributed by atoms with Crippen LogP contribution in [0, 0.1) is 10.1 Å². The Labute approximate surface area is 118 Å². The minimum atomic E-state index is -0.595. The molecule has 2 N–H and O–H groups in total. The average molecular weight is 282 g/mol. The van der Waals surface area contributed by atoms with Crippen molar-refractivity contribution in [2.24, 2.45) is 0 Å². The highest BCUT2D eigenvalue weighted by molar-refractivity contribution is 5.88. The van der Waals surface area contributed by atoms with Gasteiger partial charge in [-0.2, -0.15) is 0 Å². The van der Waals surface area contributed by atoms with E-state index in [2.05, 4.69) is 9.97 Å². The lowest BCUT2D eigenvalue weighted by Gasteiger charge is -2.01. The molecule has 3 rings (SSSR count). The Kier molecular flexibility index (Phi) is 3.07. The van der Waals surface area contributed by atoms with Crippen molar-refractivity contribution >= 4 is 34.8 Å². The fraction of sp³-hybridized carbons (Fsp3) is 0. The molecule has 3 aromatic rings. The lowest BCUT2D eigenvalue weighted by atomic mass is 10.2. The highest BCUT2D eigenvalue weighted by atomic mass is 16.6. The molecule has 1 aromatic carbocycles. The predicted octanol–water partition coefficient (Wildman–Crippen LogP) is 2.88. The van der Waals surface area contributed by atoms with Crippen LogP contribution in [0.1, 0.15) is 11.6 Å². The second kappa shape index (κ2) is 5.04. The Morgan fingerprint density at radius 3 is 2.71 bits per heavy atom. The van der Waals surface area contributed by atoms with Crippen LogP contribution < -0.4 is 5.73 Å². The van der Waals surface area contributed by atoms with Gasteiger partial charge in [-0.25, -0.2) is 9.97 Å². The molecule has 0 aliphatic rings. The number of nitrogen functional groups attached to an aromatic ring is 1. The minimum absolute atomic E-state index is 0.311. The summed E-state index contributed by atoms with van der Waals surface area (Å²) < 4.78 is 5.01. The minimum Gasteiger partial charge on any atom is -0.401 e. The van der Waals surface area contributed by atoms with Gasteiger partial charge in [0.1, 0.15) is 16.5 Å². The number of rotatable bonds is 3. The van der Waals surface area contributed by atoms with E-state index in [0.717, 1.165) is 10.9 Å². The van der Waals surface area contributed by atoms with Gasteiger partial charge in [-0.1, -0.05) is 12.1 Å². The van der Waals surface area contributed by atoms with Crippen LogP contribution in [0.4, 0.5) is 11.7 Å². The van der Waals surface area contributed by atoms with Crippen molar-refractivity contribution in [3.8, 4) is 0 Å². The van der Waals surface area contributed by atoms with Gasteiger partial charge in [0.25, 0.3) is 0 Å². The summed E-state index contributed by atoms with van der Waals surface area (Å²) in [6.07, 6.45) is 3.14. The number of aromatic nitrogens is 2. The van der Waals surface area contributed by atoms with E-state index in [-0.39, 0.29) is 5.88 Å². The molecule has 0 radical (unpaired) electrons. The highest BCUT2D eigenvalue weighted by Crippen LogP contribution is 2.20. The molecule has 0 aliphatic heterocycles. The maximum Gasteiger partial charge on any atom is 0.433 e. The molecule has 7 heteroatoms. The summed E-state index contributed by atoms with van der Waals surface area (Å²) in [6.45, 7) is 0. The Balaban J connectivity index is 1.93. The van der Waals surface area contributed by atoms with E-state index in [9.17, 15) is 10.1 Å². The van der Waals surface area contributed by atoms with E-state index < -0.39 is 4.92 Å². The Bertz CT molecular complexity index is 854. The number of furan rings is 1. The number of fused-ring (bicyclic) bond motifs is 1. The van der Waals surface area contributed by atoms with Gasteiger partial charge in [0.2, 0.25) is 0 Å². The molecule has 0 saturated carbocycles. The van der Waals surface area contributed by atoms with E-state index in [1.807, 2.05) is 24.3 Å². The number of nitrogens with two attached hydrogens (primary N) is 1. The van der Waals surface area contributed by atoms with Crippen molar-refractivity contribution in [3.63, 3.8) is 0 Å². The van der Waals surface area contributed by atoms with Gasteiger partial charge in [0, 0.05) is 5.39 Å². The number of benzene rings is 1. The van der Waals surface area contributed by atoms with Crippen molar-refractivity contribution in [1.29, 1.82) is 0 Å². The predicted molar refractivity (Wildman–Crippen MR) is 78.2 cm³/mol. The lowest BCUT2D eigenvalue weighted by Crippen LogP contribution is -1.97. The van der Waals surface area contributed by atoms with Crippen molar-refractivity contribution in [1.82, 2.24) is 9.97 Å². The molecule has 21 heavy (non-hydrogen) atoms. The quantitative estimate of drug-likeness (QED) is 0.584. The largest absolute Gasteiger partial charge is 0.433 e. The molecule has 0 aliphatic carbocycles. The molecular weight excluding hydrogens is 272 g/mol. The van der Waals surface area contributed by atoms with Gasteiger partial charge >= 0.3 is 5.88 Å². The van der Waals surface area contributed by atoms with Crippen LogP contribution in [0.3, 0.4) is 0 Å². The molecular formula is C14H10N4O3. The molecule has 2 aromatic heterocycles. The standard InChI is InChI=1S/C14H10N4O3/c15-14-10-3-1-2-4-11(10)16-12(17-14)7-5-9-6-8-13(21-9)18(19)20/h1-8H,(H2,15,16,17). The third kappa shape index (κ3) is 2.57. The summed E-state index contributed by atoms with van der Waals surface area (Å²) >= 11 is 0. The molecule has 0 fully saturated rings. The fourth-order valence-corrected chi connectivity index (χ4v) is 1.88. The number of nitrogens with zero attached hydrogens (tertiary/aromatic N) is 3. The van der Waals surface area contributed by atoms with Crippen LogP contribution in [0.25, 0.3) is 23.1 Å². The molecule has 104 valence electrons. The SMILES string of the molecule is Nc1nc(C=Cc2ccc([N+](=O)[O-])o2)nc2ccccc12. The Morgan fingerprint density at radius 1 is 1.14 bits per heavy atom. The van der Waals surface area contributed by atoms with Crippen LogP contribution in [0.2, 0.25) is 0 Å². The number of nitro groups is 1. The Hall–Kier alpha value is -3.22. The van der Waals surface area contributed by atoms with E-state index in [1.165, 1.54) is 12.1 Å². The van der Waals surface area contributed by atoms with Crippen LogP contribution in [-0.4, -0.2) is 14.9 Å². The smallest absolute Gasteiger partial charge is 0.401 e. The summed E-state index contributed by atoms with van der Waals surface area (Å²) in [7, 11) is 0. The normalized spacial score (nSPS) is 11.2. The maximum absolute atomic E-state index is 10.5. The third-order valence-corrected chi connectivity index (χ3v) is 2.84. The van der Waals surface area contributed by atoms with Crippen LogP contribution >= 0.6 is 0 Å². The second-order valence-corrected chi connectivity index (χ2v) is 4.25. The lowest BCUT2D eigenvalue weighted by molar-refractivity contribution is -0.402. The summed E-state index contributed by atoms with van der Waals surface area (Å²) in [6, 6.07) is 10.2. The molecule has 0 atom stereocenters. The number of hydrogen-bond donors (Lipinski definition) is 1. The zero-order valence-corrected chi connectivity index (χ0v) is 10.8. The zero-order valence-electron chi connectivity index (χ0n) is 10.8. The zero-order chi connectivity index (χ0) is 14.8. The molecule has 0 bridgehead atoms. The number of hydrogen-bond acceptors (Lipinski definition) is 6. The van der Waals surface area contributed by atoms with E-state index in [0.29, 0.717) is 17.4 Å². The third-order valence-electron chi connectivity index (χ3n) is 2.84. The molecule has 2 heterocycles.